The normalized spacial score (nSPS) is 11.7. The van der Waals surface area contributed by atoms with Gasteiger partial charge in [0.05, 0.1) is 25.7 Å². The van der Waals surface area contributed by atoms with E-state index in [1.807, 2.05) is 0 Å². The van der Waals surface area contributed by atoms with Crippen molar-refractivity contribution in [3.05, 3.63) is 0 Å². The topological polar surface area (TPSA) is 173 Å². The van der Waals surface area contributed by atoms with Gasteiger partial charge in [0.15, 0.2) is 0 Å². The van der Waals surface area contributed by atoms with Crippen LogP contribution in [0, 0.1) is 5.92 Å². The Bertz CT molecular complexity index is 907. The fourth-order valence-electron chi connectivity index (χ4n) is 5.56. The van der Waals surface area contributed by atoms with E-state index in [0.717, 1.165) is 32.1 Å². The fourth-order valence-corrected chi connectivity index (χ4v) is 5.56. The van der Waals surface area contributed by atoms with Gasteiger partial charge < -0.3 is 29.8 Å². The van der Waals surface area contributed by atoms with E-state index < -0.39 is 17.9 Å². The van der Waals surface area contributed by atoms with E-state index in [1.165, 1.54) is 77.6 Å². The van der Waals surface area contributed by atoms with Gasteiger partial charge in [-0.05, 0) is 32.6 Å². The van der Waals surface area contributed by atoms with Crippen LogP contribution in [0.25, 0.3) is 0 Å². The molecule has 0 radical (unpaired) electrons. The molecule has 0 aliphatic carbocycles. The second-order valence-electron chi connectivity index (χ2n) is 13.3. The molecule has 0 aliphatic heterocycles. The number of ketones is 3. The van der Waals surface area contributed by atoms with Crippen LogP contribution in [0.1, 0.15) is 167 Å². The number of rotatable bonds is 38. The quantitative estimate of drug-likeness (QED) is 0.0552. The van der Waals surface area contributed by atoms with Gasteiger partial charge in [-0.3, -0.25) is 24.0 Å². The third-order valence-electron chi connectivity index (χ3n) is 8.58. The van der Waals surface area contributed by atoms with Gasteiger partial charge in [0.25, 0.3) is 0 Å². The summed E-state index contributed by atoms with van der Waals surface area (Å²) in [6.07, 6.45) is 21.4. The number of carboxylic acid groups (broad SMARTS) is 2. The summed E-state index contributed by atoms with van der Waals surface area (Å²) >= 11 is 0. The van der Waals surface area contributed by atoms with Crippen molar-refractivity contribution in [2.75, 3.05) is 33.0 Å². The van der Waals surface area contributed by atoms with E-state index in [-0.39, 0.29) is 49.6 Å². The molecule has 0 saturated carbocycles. The number of carbonyl (C=O) groups is 6. The predicted molar refractivity (Wildman–Crippen MR) is 190 cm³/mol. The van der Waals surface area contributed by atoms with Crippen molar-refractivity contribution >= 4 is 35.2 Å². The Labute approximate surface area is 295 Å². The highest BCUT2D eigenvalue weighted by atomic mass is 16.5. The molecule has 0 spiro atoms. The first-order chi connectivity index (χ1) is 23.6. The molecule has 1 amide bonds. The highest BCUT2D eigenvalue weighted by Crippen LogP contribution is 2.16. The first-order valence-corrected chi connectivity index (χ1v) is 19.0. The number of ether oxygens (including phenoxy) is 2. The number of hydrogen-bond acceptors (Lipinski definition) is 8. The van der Waals surface area contributed by atoms with Crippen LogP contribution in [0.3, 0.4) is 0 Å². The third-order valence-corrected chi connectivity index (χ3v) is 8.58. The molecule has 11 heteroatoms. The molecule has 11 nitrogen and oxygen atoms in total. The average molecular weight is 698 g/mol. The summed E-state index contributed by atoms with van der Waals surface area (Å²) < 4.78 is 11.0. The van der Waals surface area contributed by atoms with Gasteiger partial charge in [-0.1, -0.05) is 89.9 Å². The number of unbranched alkanes of at least 4 members (excludes halogenated alkanes) is 15. The minimum Gasteiger partial charge on any atom is -0.481 e. The summed E-state index contributed by atoms with van der Waals surface area (Å²) in [5, 5.41) is 20.5. The average Bonchev–Trinajstić information content (AvgIpc) is 3.05. The lowest BCUT2D eigenvalue weighted by Crippen LogP contribution is -2.28. The zero-order valence-corrected chi connectivity index (χ0v) is 30.5. The summed E-state index contributed by atoms with van der Waals surface area (Å²) in [6, 6.07) is 0. The Hall–Kier alpha value is -2.66. The molecule has 0 aromatic carbocycles. The van der Waals surface area contributed by atoms with Crippen LogP contribution in [0.5, 0.6) is 0 Å². The van der Waals surface area contributed by atoms with Crippen molar-refractivity contribution in [3.8, 4) is 0 Å². The molecule has 284 valence electrons. The Kier molecular flexibility index (Phi) is 32.0. The predicted octanol–water partition coefficient (Wildman–Crippen LogP) is 7.40. The minimum absolute atomic E-state index is 0.0235. The van der Waals surface area contributed by atoms with Crippen LogP contribution in [0.15, 0.2) is 0 Å². The van der Waals surface area contributed by atoms with Crippen molar-refractivity contribution in [1.82, 2.24) is 5.32 Å². The van der Waals surface area contributed by atoms with Gasteiger partial charge in [-0.15, -0.1) is 0 Å². The lowest BCUT2D eigenvalue weighted by Gasteiger charge is -2.10. The summed E-state index contributed by atoms with van der Waals surface area (Å²) in [5.74, 6) is -3.15. The maximum atomic E-state index is 12.1. The molecule has 0 aromatic rings. The molecule has 49 heavy (non-hydrogen) atoms. The number of hydrogen-bond donors (Lipinski definition) is 3. The van der Waals surface area contributed by atoms with Gasteiger partial charge in [0, 0.05) is 58.1 Å². The number of amides is 1. The first kappa shape index (κ1) is 46.3. The molecule has 0 aromatic heterocycles. The second kappa shape index (κ2) is 33.8. The van der Waals surface area contributed by atoms with E-state index in [2.05, 4.69) is 5.32 Å². The summed E-state index contributed by atoms with van der Waals surface area (Å²) in [4.78, 5) is 68.9. The summed E-state index contributed by atoms with van der Waals surface area (Å²) in [6.45, 7) is 3.26. The Morgan fingerprint density at radius 3 is 1.47 bits per heavy atom. The van der Waals surface area contributed by atoms with Crippen LogP contribution in [0.2, 0.25) is 0 Å². The molecule has 0 rings (SSSR count). The molecule has 3 N–H and O–H groups in total. The summed E-state index contributed by atoms with van der Waals surface area (Å²) in [5.41, 5.74) is 0. The van der Waals surface area contributed by atoms with Gasteiger partial charge in [-0.2, -0.15) is 0 Å². The van der Waals surface area contributed by atoms with Crippen molar-refractivity contribution in [1.29, 1.82) is 0 Å². The second-order valence-corrected chi connectivity index (χ2v) is 13.3. The Morgan fingerprint density at radius 2 is 0.980 bits per heavy atom. The molecular formula is C38H67NO10. The van der Waals surface area contributed by atoms with Crippen LogP contribution in [-0.4, -0.2) is 78.4 Å². The SMILES string of the molecule is CC(=O)CC[C@H](CC(=O)CCC(=O)NCCOCCOCCCC(=O)CCCCCCCCCCCCCCCCCCC(=O)O)C(=O)O. The molecule has 0 fully saturated rings. The van der Waals surface area contributed by atoms with Gasteiger partial charge in [0.1, 0.15) is 17.3 Å². The van der Waals surface area contributed by atoms with E-state index in [0.29, 0.717) is 64.4 Å². The molecule has 0 unspecified atom stereocenters. The van der Waals surface area contributed by atoms with Crippen molar-refractivity contribution in [2.24, 2.45) is 5.92 Å². The number of carboxylic acids is 2. The molecular weight excluding hydrogens is 630 g/mol. The van der Waals surface area contributed by atoms with Crippen LogP contribution in [-0.2, 0) is 38.2 Å². The number of nitrogens with one attached hydrogen (secondary N) is 1. The largest absolute Gasteiger partial charge is 0.481 e. The first-order valence-electron chi connectivity index (χ1n) is 19.0. The molecule has 1 atom stereocenters. The number of Topliss-reactive ketones (excluding diaryl/α,β-unsaturated/α-hetero) is 3. The van der Waals surface area contributed by atoms with Crippen molar-refractivity contribution in [3.63, 3.8) is 0 Å². The molecule has 0 bridgehead atoms. The van der Waals surface area contributed by atoms with E-state index >= 15 is 0 Å². The van der Waals surface area contributed by atoms with Crippen molar-refractivity contribution < 1.29 is 48.5 Å². The zero-order chi connectivity index (χ0) is 36.4. The molecule has 0 aliphatic rings. The van der Waals surface area contributed by atoms with Gasteiger partial charge in [0.2, 0.25) is 5.91 Å². The summed E-state index contributed by atoms with van der Waals surface area (Å²) in [7, 11) is 0. The van der Waals surface area contributed by atoms with E-state index in [1.54, 1.807) is 0 Å². The molecule has 0 saturated heterocycles. The molecule has 0 heterocycles. The number of aliphatic carboxylic acids is 2. The van der Waals surface area contributed by atoms with E-state index in [4.69, 9.17) is 14.6 Å². The highest BCUT2D eigenvalue weighted by molar-refractivity contribution is 5.87. The van der Waals surface area contributed by atoms with Gasteiger partial charge >= 0.3 is 11.9 Å². The van der Waals surface area contributed by atoms with Crippen LogP contribution >= 0.6 is 0 Å². The highest BCUT2D eigenvalue weighted by Gasteiger charge is 2.21. The lowest BCUT2D eigenvalue weighted by atomic mass is 9.94. The fraction of sp³-hybridized carbons (Fsp3) is 0.842. The minimum atomic E-state index is -1.11. The Morgan fingerprint density at radius 1 is 0.510 bits per heavy atom. The number of carbonyl (C=O) groups excluding carboxylic acids is 4. The zero-order valence-electron chi connectivity index (χ0n) is 30.5. The van der Waals surface area contributed by atoms with E-state index in [9.17, 15) is 33.9 Å². The van der Waals surface area contributed by atoms with Crippen molar-refractivity contribution in [2.45, 2.75) is 167 Å². The van der Waals surface area contributed by atoms with Crippen LogP contribution in [0.4, 0.5) is 0 Å². The smallest absolute Gasteiger partial charge is 0.306 e. The third kappa shape index (κ3) is 35.0. The maximum absolute atomic E-state index is 12.1. The monoisotopic (exact) mass is 697 g/mol. The lowest BCUT2D eigenvalue weighted by molar-refractivity contribution is -0.144. The van der Waals surface area contributed by atoms with Gasteiger partial charge in [-0.25, -0.2) is 0 Å². The van der Waals surface area contributed by atoms with Crippen LogP contribution < -0.4 is 5.32 Å². The Balaban J connectivity index is 3.43. The maximum Gasteiger partial charge on any atom is 0.306 e. The standard InChI is InChI=1S/C38H67NO10/c1-32(40)22-23-33(38(46)47)31-35(42)24-25-36(43)39-26-28-49-30-29-48-27-18-20-34(41)19-16-14-12-10-8-6-4-2-3-5-7-9-11-13-15-17-21-37(44)45/h33H,2-31H2,1H3,(H,39,43)(H,44,45)(H,46,47)/t33-/m1/s1.